The highest BCUT2D eigenvalue weighted by Gasteiger charge is 2.42. The first-order chi connectivity index (χ1) is 15.5. The summed E-state index contributed by atoms with van der Waals surface area (Å²) in [4.78, 5) is 39.4. The molecule has 8 nitrogen and oxygen atoms in total. The summed E-state index contributed by atoms with van der Waals surface area (Å²) in [5.41, 5.74) is -0.839. The fourth-order valence-electron chi connectivity index (χ4n) is 4.84. The molecule has 4 rings (SSSR count). The van der Waals surface area contributed by atoms with Crippen molar-refractivity contribution in [3.05, 3.63) is 34.1 Å². The maximum atomic E-state index is 13.5. The second-order valence-corrected chi connectivity index (χ2v) is 8.55. The number of hydrogen-bond donors (Lipinski definition) is 1. The molecule has 0 atom stereocenters. The van der Waals surface area contributed by atoms with E-state index in [2.05, 4.69) is 5.32 Å². The lowest BCUT2D eigenvalue weighted by Gasteiger charge is -2.35. The Morgan fingerprint density at radius 3 is 2.53 bits per heavy atom. The van der Waals surface area contributed by atoms with Crippen molar-refractivity contribution in [2.45, 2.75) is 63.5 Å². The van der Waals surface area contributed by atoms with Gasteiger partial charge in [-0.1, -0.05) is 19.3 Å². The average molecular weight is 443 g/mol. The van der Waals surface area contributed by atoms with Crippen LogP contribution in [0.25, 0.3) is 10.9 Å². The number of aryl methyl sites for hydroxylation is 1. The molecule has 1 aromatic heterocycles. The van der Waals surface area contributed by atoms with E-state index in [9.17, 15) is 14.4 Å². The molecule has 8 heteroatoms. The van der Waals surface area contributed by atoms with E-state index in [0.29, 0.717) is 48.4 Å². The SMILES string of the molecule is COC(=O)C1(NC(=O)c2cc3ccc(OC)c4c3n(c2=O)CCCCCO4)CCCCC1. The summed E-state index contributed by atoms with van der Waals surface area (Å²) in [6.07, 6.45) is 6.22. The van der Waals surface area contributed by atoms with Gasteiger partial charge in [0.15, 0.2) is 11.5 Å². The first kappa shape index (κ1) is 22.2. The van der Waals surface area contributed by atoms with Crippen molar-refractivity contribution in [3.63, 3.8) is 0 Å². The van der Waals surface area contributed by atoms with Crippen molar-refractivity contribution in [2.24, 2.45) is 0 Å². The van der Waals surface area contributed by atoms with Gasteiger partial charge in [-0.3, -0.25) is 9.59 Å². The molecule has 172 valence electrons. The van der Waals surface area contributed by atoms with Crippen LogP contribution in [0.5, 0.6) is 11.5 Å². The van der Waals surface area contributed by atoms with E-state index in [1.165, 1.54) is 7.11 Å². The number of carbonyl (C=O) groups is 2. The number of nitrogens with one attached hydrogen (secondary N) is 1. The van der Waals surface area contributed by atoms with E-state index >= 15 is 0 Å². The zero-order valence-corrected chi connectivity index (χ0v) is 18.7. The number of nitrogens with zero attached hydrogens (tertiary/aromatic N) is 1. The summed E-state index contributed by atoms with van der Waals surface area (Å²) < 4.78 is 18.1. The number of aromatic nitrogens is 1. The monoisotopic (exact) mass is 442 g/mol. The zero-order valence-electron chi connectivity index (χ0n) is 18.7. The van der Waals surface area contributed by atoms with Gasteiger partial charge in [-0.05, 0) is 50.3 Å². The number of methoxy groups -OCH3 is 2. The van der Waals surface area contributed by atoms with Crippen LogP contribution in [-0.4, -0.2) is 42.8 Å². The molecule has 1 aliphatic heterocycles. The number of hydrogen-bond acceptors (Lipinski definition) is 6. The summed E-state index contributed by atoms with van der Waals surface area (Å²) in [6, 6.07) is 5.19. The Hall–Kier alpha value is -3.03. The highest BCUT2D eigenvalue weighted by atomic mass is 16.5. The molecule has 2 aromatic rings. The van der Waals surface area contributed by atoms with E-state index in [-0.39, 0.29) is 5.56 Å². The molecule has 0 spiro atoms. The van der Waals surface area contributed by atoms with Crippen LogP contribution in [0.4, 0.5) is 0 Å². The van der Waals surface area contributed by atoms with Gasteiger partial charge in [0.05, 0.1) is 26.3 Å². The number of esters is 1. The molecule has 1 fully saturated rings. The van der Waals surface area contributed by atoms with Crippen LogP contribution in [0.3, 0.4) is 0 Å². The standard InChI is InChI=1S/C24H30N2O6/c1-30-18-10-9-16-15-17(21(27)25-24(23(29)31-2)11-5-3-6-12-24)22(28)26-13-7-4-8-14-32-20(18)19(16)26/h9-10,15H,3-8,11-14H2,1-2H3,(H,25,27). The van der Waals surface area contributed by atoms with Crippen LogP contribution in [0, 0.1) is 0 Å². The normalized spacial score (nSPS) is 17.9. The van der Waals surface area contributed by atoms with Crippen LogP contribution in [-0.2, 0) is 16.1 Å². The topological polar surface area (TPSA) is 95.9 Å². The molecule has 2 heterocycles. The number of rotatable bonds is 4. The molecule has 2 aliphatic rings. The summed E-state index contributed by atoms with van der Waals surface area (Å²) in [6.45, 7) is 1.01. The summed E-state index contributed by atoms with van der Waals surface area (Å²) in [7, 11) is 2.89. The molecule has 32 heavy (non-hydrogen) atoms. The highest BCUT2D eigenvalue weighted by Crippen LogP contribution is 2.36. The molecule has 0 bridgehead atoms. The lowest BCUT2D eigenvalue weighted by molar-refractivity contribution is -0.149. The van der Waals surface area contributed by atoms with Gasteiger partial charge in [-0.15, -0.1) is 0 Å². The van der Waals surface area contributed by atoms with Crippen molar-refractivity contribution in [1.29, 1.82) is 0 Å². The largest absolute Gasteiger partial charge is 0.493 e. The summed E-state index contributed by atoms with van der Waals surface area (Å²) in [5, 5.41) is 3.58. The molecule has 1 aliphatic carbocycles. The predicted molar refractivity (Wildman–Crippen MR) is 119 cm³/mol. The fraction of sp³-hybridized carbons (Fsp3) is 0.542. The van der Waals surface area contributed by atoms with Gasteiger partial charge >= 0.3 is 5.97 Å². The number of ether oxygens (including phenoxy) is 3. The van der Waals surface area contributed by atoms with Crippen molar-refractivity contribution < 1.29 is 23.8 Å². The van der Waals surface area contributed by atoms with Crippen molar-refractivity contribution in [1.82, 2.24) is 9.88 Å². The predicted octanol–water partition coefficient (Wildman–Crippen LogP) is 3.18. The van der Waals surface area contributed by atoms with Crippen LogP contribution in [0.2, 0.25) is 0 Å². The second kappa shape index (κ2) is 9.22. The number of carbonyl (C=O) groups excluding carboxylic acids is 2. The third kappa shape index (κ3) is 3.94. The van der Waals surface area contributed by atoms with E-state index in [4.69, 9.17) is 14.2 Å². The van der Waals surface area contributed by atoms with Gasteiger partial charge in [0.25, 0.3) is 11.5 Å². The maximum absolute atomic E-state index is 13.5. The number of amides is 1. The van der Waals surface area contributed by atoms with Gasteiger partial charge in [-0.25, -0.2) is 4.79 Å². The summed E-state index contributed by atoms with van der Waals surface area (Å²) >= 11 is 0. The van der Waals surface area contributed by atoms with Gasteiger partial charge in [0.2, 0.25) is 0 Å². The first-order valence-corrected chi connectivity index (χ1v) is 11.3. The Kier molecular flexibility index (Phi) is 6.39. The smallest absolute Gasteiger partial charge is 0.331 e. The Balaban J connectivity index is 1.82. The Labute approximate surface area is 186 Å². The Morgan fingerprint density at radius 1 is 1.06 bits per heavy atom. The minimum Gasteiger partial charge on any atom is -0.493 e. The van der Waals surface area contributed by atoms with Crippen molar-refractivity contribution in [3.8, 4) is 11.5 Å². The second-order valence-electron chi connectivity index (χ2n) is 8.55. The zero-order chi connectivity index (χ0) is 22.7. The third-order valence-corrected chi connectivity index (χ3v) is 6.54. The van der Waals surface area contributed by atoms with Crippen molar-refractivity contribution in [2.75, 3.05) is 20.8 Å². The van der Waals surface area contributed by atoms with E-state index < -0.39 is 23.0 Å². The quantitative estimate of drug-likeness (QED) is 0.731. The highest BCUT2D eigenvalue weighted by molar-refractivity contribution is 6.01. The number of benzene rings is 1. The molecular formula is C24H30N2O6. The summed E-state index contributed by atoms with van der Waals surface area (Å²) in [5.74, 6) is 0.0648. The Morgan fingerprint density at radius 2 is 1.81 bits per heavy atom. The van der Waals surface area contributed by atoms with Crippen molar-refractivity contribution >= 4 is 22.8 Å². The molecule has 1 amide bonds. The van der Waals surface area contributed by atoms with E-state index in [0.717, 1.165) is 38.5 Å². The van der Waals surface area contributed by atoms with E-state index in [1.54, 1.807) is 23.8 Å². The minimum atomic E-state index is -1.09. The van der Waals surface area contributed by atoms with Crippen LogP contribution in [0.15, 0.2) is 23.0 Å². The molecule has 1 aromatic carbocycles. The lowest BCUT2D eigenvalue weighted by Crippen LogP contribution is -2.56. The lowest BCUT2D eigenvalue weighted by atomic mass is 9.81. The molecule has 0 saturated heterocycles. The first-order valence-electron chi connectivity index (χ1n) is 11.3. The maximum Gasteiger partial charge on any atom is 0.331 e. The molecule has 0 radical (unpaired) electrons. The molecule has 1 saturated carbocycles. The van der Waals surface area contributed by atoms with Gasteiger partial charge in [0, 0.05) is 11.9 Å². The molecule has 0 unspecified atom stereocenters. The third-order valence-electron chi connectivity index (χ3n) is 6.54. The minimum absolute atomic E-state index is 0.0155. The van der Waals surface area contributed by atoms with Crippen LogP contribution < -0.4 is 20.3 Å². The van der Waals surface area contributed by atoms with Gasteiger partial charge in [-0.2, -0.15) is 0 Å². The Bertz CT molecular complexity index is 1080. The average Bonchev–Trinajstić information content (AvgIpc) is 2.92. The molecule has 1 N–H and O–H groups in total. The number of pyridine rings is 1. The molecular weight excluding hydrogens is 412 g/mol. The van der Waals surface area contributed by atoms with Gasteiger partial charge < -0.3 is 24.1 Å². The van der Waals surface area contributed by atoms with Crippen LogP contribution in [0.1, 0.15) is 61.7 Å². The van der Waals surface area contributed by atoms with Gasteiger partial charge in [0.1, 0.15) is 11.1 Å². The fourth-order valence-corrected chi connectivity index (χ4v) is 4.84. The van der Waals surface area contributed by atoms with E-state index in [1.807, 2.05) is 6.07 Å². The van der Waals surface area contributed by atoms with Crippen LogP contribution >= 0.6 is 0 Å².